The molecule has 0 amide bonds. The van der Waals surface area contributed by atoms with Gasteiger partial charge in [0.15, 0.2) is 0 Å². The van der Waals surface area contributed by atoms with E-state index in [4.69, 9.17) is 5.11 Å². The highest BCUT2D eigenvalue weighted by Crippen LogP contribution is 2.26. The summed E-state index contributed by atoms with van der Waals surface area (Å²) in [4.78, 5) is 28.9. The van der Waals surface area contributed by atoms with Crippen LogP contribution in [0.2, 0.25) is 0 Å². The van der Waals surface area contributed by atoms with E-state index in [0.717, 1.165) is 6.20 Å². The van der Waals surface area contributed by atoms with Gasteiger partial charge in [-0.1, -0.05) is 6.92 Å². The summed E-state index contributed by atoms with van der Waals surface area (Å²) in [6.45, 7) is 1.98. The Bertz CT molecular complexity index is 750. The van der Waals surface area contributed by atoms with E-state index in [1.54, 1.807) is 6.92 Å². The Kier molecular flexibility index (Phi) is 5.22. The van der Waals surface area contributed by atoms with Gasteiger partial charge in [0.05, 0.1) is 10.5 Å². The maximum Gasteiger partial charge on any atom is 0.335 e. The van der Waals surface area contributed by atoms with Crippen LogP contribution in [0.1, 0.15) is 23.7 Å². The molecule has 0 saturated heterocycles. The first-order valence-electron chi connectivity index (χ1n) is 7.00. The van der Waals surface area contributed by atoms with Crippen molar-refractivity contribution >= 4 is 29.1 Å². The molecule has 0 spiro atoms. The van der Waals surface area contributed by atoms with E-state index in [1.165, 1.54) is 24.3 Å². The van der Waals surface area contributed by atoms with Gasteiger partial charge in [-0.25, -0.2) is 14.8 Å². The van der Waals surface area contributed by atoms with E-state index in [9.17, 15) is 20.1 Å². The average Bonchev–Trinajstić information content (AvgIpc) is 2.55. The number of hydrogen-bond donors (Lipinski definition) is 3. The largest absolute Gasteiger partial charge is 0.478 e. The van der Waals surface area contributed by atoms with Gasteiger partial charge in [-0.2, -0.15) is 4.98 Å². The highest BCUT2D eigenvalue weighted by Gasteiger charge is 2.21. The number of hydrogen-bond acceptors (Lipinski definition) is 8. The molecule has 0 radical (unpaired) electrons. The standard InChI is InChI=1S/C14H15N5O5/c1-2-7-18(22)12-11(19(23)24)8-15-14(17-12)16-10-5-3-9(4-6-10)13(20)21/h3-6,8,22H,2,7H2,1H3,(H,20,21)(H,15,16,17). The number of aromatic nitrogens is 2. The molecule has 3 N–H and O–H groups in total. The molecular formula is C14H15N5O5. The van der Waals surface area contributed by atoms with Crippen LogP contribution in [0.15, 0.2) is 30.5 Å². The lowest BCUT2D eigenvalue weighted by Gasteiger charge is -2.15. The minimum absolute atomic E-state index is 0.0360. The number of carboxylic acid groups (broad SMARTS) is 1. The number of carboxylic acids is 1. The molecule has 0 unspecified atom stereocenters. The van der Waals surface area contributed by atoms with Crippen LogP contribution in [0.3, 0.4) is 0 Å². The van der Waals surface area contributed by atoms with Crippen molar-refractivity contribution in [1.82, 2.24) is 9.97 Å². The second kappa shape index (κ2) is 7.33. The normalized spacial score (nSPS) is 10.2. The van der Waals surface area contributed by atoms with Gasteiger partial charge in [-0.05, 0) is 30.7 Å². The van der Waals surface area contributed by atoms with E-state index in [2.05, 4.69) is 15.3 Å². The van der Waals surface area contributed by atoms with Gasteiger partial charge in [0.2, 0.25) is 11.8 Å². The number of benzene rings is 1. The minimum atomic E-state index is -1.05. The molecule has 126 valence electrons. The molecular weight excluding hydrogens is 318 g/mol. The fraction of sp³-hybridized carbons (Fsp3) is 0.214. The van der Waals surface area contributed by atoms with E-state index < -0.39 is 16.6 Å². The van der Waals surface area contributed by atoms with Crippen molar-refractivity contribution in [2.75, 3.05) is 16.9 Å². The Balaban J connectivity index is 2.28. The molecule has 1 aromatic carbocycles. The SMILES string of the molecule is CCCN(O)c1nc(Nc2ccc(C(=O)O)cc2)ncc1[N+](=O)[O-]. The third-order valence-corrected chi connectivity index (χ3v) is 3.01. The number of aromatic carboxylic acids is 1. The number of rotatable bonds is 7. The summed E-state index contributed by atoms with van der Waals surface area (Å²) in [6, 6.07) is 5.81. The van der Waals surface area contributed by atoms with Gasteiger partial charge in [0, 0.05) is 12.2 Å². The van der Waals surface area contributed by atoms with Gasteiger partial charge in [0.25, 0.3) is 0 Å². The highest BCUT2D eigenvalue weighted by molar-refractivity contribution is 5.88. The molecule has 0 bridgehead atoms. The fourth-order valence-corrected chi connectivity index (χ4v) is 1.89. The van der Waals surface area contributed by atoms with E-state index in [1.807, 2.05) is 0 Å². The lowest BCUT2D eigenvalue weighted by molar-refractivity contribution is -0.384. The Hall–Kier alpha value is -3.27. The summed E-state index contributed by atoms with van der Waals surface area (Å²) >= 11 is 0. The molecule has 10 nitrogen and oxygen atoms in total. The van der Waals surface area contributed by atoms with Gasteiger partial charge in [-0.3, -0.25) is 15.3 Å². The van der Waals surface area contributed by atoms with Crippen LogP contribution in [0.4, 0.5) is 23.1 Å². The summed E-state index contributed by atoms with van der Waals surface area (Å²) < 4.78 is 0. The summed E-state index contributed by atoms with van der Waals surface area (Å²) in [5, 5.41) is 33.2. The minimum Gasteiger partial charge on any atom is -0.478 e. The van der Waals surface area contributed by atoms with Crippen molar-refractivity contribution in [3.05, 3.63) is 46.1 Å². The van der Waals surface area contributed by atoms with Crippen LogP contribution in [-0.4, -0.2) is 37.7 Å². The summed E-state index contributed by atoms with van der Waals surface area (Å²) in [5.41, 5.74) is 0.202. The molecule has 2 aromatic rings. The Morgan fingerprint density at radius 3 is 2.58 bits per heavy atom. The topological polar surface area (TPSA) is 142 Å². The smallest absolute Gasteiger partial charge is 0.335 e. The van der Waals surface area contributed by atoms with Gasteiger partial charge in [-0.15, -0.1) is 0 Å². The zero-order valence-corrected chi connectivity index (χ0v) is 12.7. The van der Waals surface area contributed by atoms with Crippen LogP contribution in [0.5, 0.6) is 0 Å². The third kappa shape index (κ3) is 3.93. The maximum atomic E-state index is 11.0. The number of anilines is 3. The number of carbonyl (C=O) groups is 1. The maximum absolute atomic E-state index is 11.0. The molecule has 0 aliphatic carbocycles. The van der Waals surface area contributed by atoms with E-state index in [-0.39, 0.29) is 23.9 Å². The molecule has 24 heavy (non-hydrogen) atoms. The van der Waals surface area contributed by atoms with Crippen molar-refractivity contribution in [3.8, 4) is 0 Å². The quantitative estimate of drug-likeness (QED) is 0.514. The highest BCUT2D eigenvalue weighted by atomic mass is 16.6. The van der Waals surface area contributed by atoms with Crippen molar-refractivity contribution in [2.45, 2.75) is 13.3 Å². The molecule has 0 aliphatic heterocycles. The summed E-state index contributed by atoms with van der Waals surface area (Å²) in [5.74, 6) is -1.23. The van der Waals surface area contributed by atoms with Crippen molar-refractivity contribution < 1.29 is 20.0 Å². The molecule has 0 aliphatic rings. The average molecular weight is 333 g/mol. The Morgan fingerprint density at radius 1 is 1.38 bits per heavy atom. The zero-order valence-electron chi connectivity index (χ0n) is 12.7. The molecule has 10 heteroatoms. The third-order valence-electron chi connectivity index (χ3n) is 3.01. The first-order chi connectivity index (χ1) is 11.4. The van der Waals surface area contributed by atoms with Crippen molar-refractivity contribution in [3.63, 3.8) is 0 Å². The number of nitrogens with zero attached hydrogens (tertiary/aromatic N) is 4. The number of hydroxylamine groups is 1. The molecule has 0 atom stereocenters. The number of nitrogens with one attached hydrogen (secondary N) is 1. The molecule has 1 aromatic heterocycles. The van der Waals surface area contributed by atoms with Crippen LogP contribution in [0.25, 0.3) is 0 Å². The number of nitro groups is 1. The van der Waals surface area contributed by atoms with Gasteiger partial charge >= 0.3 is 11.7 Å². The van der Waals surface area contributed by atoms with Crippen LogP contribution >= 0.6 is 0 Å². The molecule has 0 fully saturated rings. The van der Waals surface area contributed by atoms with Gasteiger partial charge in [0.1, 0.15) is 6.20 Å². The first kappa shape index (κ1) is 17.1. The first-order valence-corrected chi connectivity index (χ1v) is 7.00. The lowest BCUT2D eigenvalue weighted by atomic mass is 10.2. The Morgan fingerprint density at radius 2 is 2.04 bits per heavy atom. The fourth-order valence-electron chi connectivity index (χ4n) is 1.89. The second-order valence-electron chi connectivity index (χ2n) is 4.79. The molecule has 2 rings (SSSR count). The van der Waals surface area contributed by atoms with Crippen molar-refractivity contribution in [1.29, 1.82) is 0 Å². The lowest BCUT2D eigenvalue weighted by Crippen LogP contribution is -2.22. The molecule has 0 saturated carbocycles. The summed E-state index contributed by atoms with van der Waals surface area (Å²) in [6.07, 6.45) is 1.56. The predicted octanol–water partition coefficient (Wildman–Crippen LogP) is 2.43. The van der Waals surface area contributed by atoms with Crippen LogP contribution in [0, 0.1) is 10.1 Å². The monoisotopic (exact) mass is 333 g/mol. The second-order valence-corrected chi connectivity index (χ2v) is 4.79. The van der Waals surface area contributed by atoms with E-state index >= 15 is 0 Å². The van der Waals surface area contributed by atoms with E-state index in [0.29, 0.717) is 17.2 Å². The zero-order chi connectivity index (χ0) is 17.7. The molecule has 1 heterocycles. The Labute approximate surface area is 136 Å². The van der Waals surface area contributed by atoms with Crippen LogP contribution in [-0.2, 0) is 0 Å². The summed E-state index contributed by atoms with van der Waals surface area (Å²) in [7, 11) is 0. The van der Waals surface area contributed by atoms with Crippen molar-refractivity contribution in [2.24, 2.45) is 0 Å². The predicted molar refractivity (Wildman–Crippen MR) is 84.8 cm³/mol. The van der Waals surface area contributed by atoms with Gasteiger partial charge < -0.3 is 10.4 Å². The van der Waals surface area contributed by atoms with Crippen LogP contribution < -0.4 is 10.4 Å².